The number of anilines is 1. The van der Waals surface area contributed by atoms with E-state index >= 15 is 0 Å². The van der Waals surface area contributed by atoms with Gasteiger partial charge in [0.1, 0.15) is 11.6 Å². The number of aromatic hydroxyl groups is 1. The van der Waals surface area contributed by atoms with Crippen molar-refractivity contribution in [2.24, 2.45) is 0 Å². The molecule has 9 nitrogen and oxygen atoms in total. The number of hydrogen-bond acceptors (Lipinski definition) is 6. The van der Waals surface area contributed by atoms with Gasteiger partial charge in [0, 0.05) is 34.0 Å². The third-order valence-corrected chi connectivity index (χ3v) is 9.39. The molecule has 0 atom stereocenters. The number of nitrogens with one attached hydrogen (secondary N) is 2. The summed E-state index contributed by atoms with van der Waals surface area (Å²) in [6, 6.07) is 27.5. The van der Waals surface area contributed by atoms with Crippen LogP contribution in [0.4, 0.5) is 10.6 Å². The van der Waals surface area contributed by atoms with E-state index in [1.165, 1.54) is 18.4 Å². The third-order valence-electron chi connectivity index (χ3n) is 8.29. The lowest BCUT2D eigenvalue weighted by Crippen LogP contribution is -2.29. The SMILES string of the molecule is Cc1ccc(-c2nnc3ccc(Sc4ccccc4CNC(=O)Nc4cc(C(C)(C)C)nn4-c4cccc(C5CC5)c4)cn23)c(O)c1. The van der Waals surface area contributed by atoms with Crippen molar-refractivity contribution in [1.29, 1.82) is 0 Å². The van der Waals surface area contributed by atoms with Crippen LogP contribution in [0.2, 0.25) is 0 Å². The Morgan fingerprint density at radius 2 is 1.81 bits per heavy atom. The maximum absolute atomic E-state index is 13.3. The smallest absolute Gasteiger partial charge is 0.320 e. The van der Waals surface area contributed by atoms with Gasteiger partial charge in [0.05, 0.1) is 16.9 Å². The number of phenols is 1. The standard InChI is InChI=1S/C37H37N7O2S/c1-23-12-16-29(30(45)18-23)35-41-40-33-17-15-28(22-43(33)35)47-31-11-6-5-8-26(31)21-38-36(46)39-34-20-32(37(2,3)4)42-44(34)27-10-7-9-25(19-27)24-13-14-24/h5-12,15-20,22,24,45H,13-14,21H2,1-4H3,(H2,38,39,46). The van der Waals surface area contributed by atoms with Crippen LogP contribution in [-0.2, 0) is 12.0 Å². The summed E-state index contributed by atoms with van der Waals surface area (Å²) in [5.41, 5.74) is 6.22. The predicted octanol–water partition coefficient (Wildman–Crippen LogP) is 8.24. The van der Waals surface area contributed by atoms with Crippen molar-refractivity contribution in [3.8, 4) is 22.8 Å². The molecule has 3 aromatic carbocycles. The van der Waals surface area contributed by atoms with Gasteiger partial charge in [0.25, 0.3) is 0 Å². The van der Waals surface area contributed by atoms with E-state index in [4.69, 9.17) is 5.10 Å². The molecule has 0 radical (unpaired) electrons. The third kappa shape index (κ3) is 6.59. The minimum Gasteiger partial charge on any atom is -0.507 e. The number of urea groups is 1. The Bertz CT molecular complexity index is 2110. The van der Waals surface area contributed by atoms with Crippen molar-refractivity contribution in [3.63, 3.8) is 0 Å². The molecule has 3 aromatic heterocycles. The van der Waals surface area contributed by atoms with Crippen molar-refractivity contribution in [2.45, 2.75) is 68.2 Å². The van der Waals surface area contributed by atoms with Crippen LogP contribution in [0.3, 0.4) is 0 Å². The van der Waals surface area contributed by atoms with Crippen LogP contribution in [0, 0.1) is 6.92 Å². The highest BCUT2D eigenvalue weighted by Gasteiger charge is 2.25. The summed E-state index contributed by atoms with van der Waals surface area (Å²) < 4.78 is 3.72. The fraction of sp³-hybridized carbons (Fsp3) is 0.243. The molecule has 7 rings (SSSR count). The van der Waals surface area contributed by atoms with Gasteiger partial charge >= 0.3 is 6.03 Å². The molecule has 0 spiro atoms. The largest absolute Gasteiger partial charge is 0.507 e. The summed E-state index contributed by atoms with van der Waals surface area (Å²) in [5, 5.41) is 30.2. The number of carbonyl (C=O) groups excluding carboxylic acids is 1. The number of fused-ring (bicyclic) bond motifs is 1. The molecule has 1 aliphatic carbocycles. The number of amides is 2. The van der Waals surface area contributed by atoms with Crippen molar-refractivity contribution in [3.05, 3.63) is 114 Å². The highest BCUT2D eigenvalue weighted by molar-refractivity contribution is 7.99. The van der Waals surface area contributed by atoms with Crippen LogP contribution in [0.1, 0.15) is 61.9 Å². The average molecular weight is 644 g/mol. The summed E-state index contributed by atoms with van der Waals surface area (Å²) >= 11 is 1.59. The first-order valence-electron chi connectivity index (χ1n) is 15.8. The van der Waals surface area contributed by atoms with Gasteiger partial charge in [-0.1, -0.05) is 68.9 Å². The van der Waals surface area contributed by atoms with E-state index < -0.39 is 0 Å². The molecule has 6 aromatic rings. The molecule has 47 heavy (non-hydrogen) atoms. The molecule has 3 heterocycles. The molecule has 0 aliphatic heterocycles. The Hall–Kier alpha value is -5.09. The molecule has 1 aliphatic rings. The zero-order valence-corrected chi connectivity index (χ0v) is 27.7. The molecule has 0 unspecified atom stereocenters. The Balaban J connectivity index is 1.09. The van der Waals surface area contributed by atoms with E-state index in [0.29, 0.717) is 35.3 Å². The van der Waals surface area contributed by atoms with Gasteiger partial charge in [0.15, 0.2) is 11.5 Å². The first-order chi connectivity index (χ1) is 22.6. The summed E-state index contributed by atoms with van der Waals surface area (Å²) in [6.45, 7) is 8.62. The molecule has 1 saturated carbocycles. The molecule has 0 bridgehead atoms. The Kier molecular flexibility index (Phi) is 7.97. The summed E-state index contributed by atoms with van der Waals surface area (Å²) in [7, 11) is 0. The van der Waals surface area contributed by atoms with Gasteiger partial charge in [-0.05, 0) is 84.8 Å². The first-order valence-corrected chi connectivity index (χ1v) is 16.6. The van der Waals surface area contributed by atoms with Crippen LogP contribution in [0.5, 0.6) is 5.75 Å². The van der Waals surface area contributed by atoms with Crippen molar-refractivity contribution in [1.82, 2.24) is 29.7 Å². The normalized spacial score (nSPS) is 13.2. The average Bonchev–Trinajstić information content (AvgIpc) is 3.68. The lowest BCUT2D eigenvalue weighted by molar-refractivity contribution is 0.251. The zero-order chi connectivity index (χ0) is 32.7. The number of pyridine rings is 1. The second-order valence-electron chi connectivity index (χ2n) is 13.1. The van der Waals surface area contributed by atoms with Crippen molar-refractivity contribution in [2.75, 3.05) is 5.32 Å². The summed E-state index contributed by atoms with van der Waals surface area (Å²) in [4.78, 5) is 15.3. The van der Waals surface area contributed by atoms with E-state index in [1.54, 1.807) is 17.8 Å². The molecule has 238 valence electrons. The Morgan fingerprint density at radius 1 is 0.979 bits per heavy atom. The summed E-state index contributed by atoms with van der Waals surface area (Å²) in [5.74, 6) is 1.98. The quantitative estimate of drug-likeness (QED) is 0.154. The fourth-order valence-electron chi connectivity index (χ4n) is 5.52. The van der Waals surface area contributed by atoms with Gasteiger partial charge in [-0.2, -0.15) is 5.10 Å². The lowest BCUT2D eigenvalue weighted by atomic mass is 9.92. The molecule has 2 amide bonds. The number of hydrogen-bond donors (Lipinski definition) is 3. The molecule has 3 N–H and O–H groups in total. The van der Waals surface area contributed by atoms with Gasteiger partial charge in [-0.25, -0.2) is 9.48 Å². The number of benzene rings is 3. The second kappa shape index (κ2) is 12.3. The van der Waals surface area contributed by atoms with E-state index in [9.17, 15) is 9.90 Å². The topological polar surface area (TPSA) is 109 Å². The molecular weight excluding hydrogens is 607 g/mol. The number of aryl methyl sites for hydroxylation is 1. The van der Waals surface area contributed by atoms with Crippen LogP contribution in [0.25, 0.3) is 22.7 Å². The van der Waals surface area contributed by atoms with Gasteiger partial charge in [-0.15, -0.1) is 10.2 Å². The predicted molar refractivity (Wildman–Crippen MR) is 185 cm³/mol. The second-order valence-corrected chi connectivity index (χ2v) is 14.2. The monoisotopic (exact) mass is 643 g/mol. The number of carbonyl (C=O) groups is 1. The maximum atomic E-state index is 13.3. The molecular formula is C37H37N7O2S. The maximum Gasteiger partial charge on any atom is 0.320 e. The first kappa shape index (κ1) is 30.6. The molecule has 10 heteroatoms. The van der Waals surface area contributed by atoms with Gasteiger partial charge in [0.2, 0.25) is 0 Å². The number of rotatable bonds is 8. The van der Waals surface area contributed by atoms with E-state index in [0.717, 1.165) is 32.3 Å². The highest BCUT2D eigenvalue weighted by Crippen LogP contribution is 2.41. The highest BCUT2D eigenvalue weighted by atomic mass is 32.2. The minimum atomic E-state index is -0.307. The number of aromatic nitrogens is 5. The van der Waals surface area contributed by atoms with Crippen LogP contribution in [0.15, 0.2) is 101 Å². The summed E-state index contributed by atoms with van der Waals surface area (Å²) in [6.07, 6.45) is 4.41. The van der Waals surface area contributed by atoms with Crippen LogP contribution < -0.4 is 10.6 Å². The molecule has 0 saturated heterocycles. The minimum absolute atomic E-state index is 0.163. The lowest BCUT2D eigenvalue weighted by Gasteiger charge is -2.14. The van der Waals surface area contributed by atoms with E-state index in [-0.39, 0.29) is 17.2 Å². The fourth-order valence-corrected chi connectivity index (χ4v) is 6.49. The number of phenolic OH excluding ortho intramolecular Hbond substituents is 1. The van der Waals surface area contributed by atoms with E-state index in [2.05, 4.69) is 59.8 Å². The van der Waals surface area contributed by atoms with E-state index in [1.807, 2.05) is 82.9 Å². The van der Waals surface area contributed by atoms with Gasteiger partial charge < -0.3 is 10.4 Å². The van der Waals surface area contributed by atoms with Crippen LogP contribution >= 0.6 is 11.8 Å². The zero-order valence-electron chi connectivity index (χ0n) is 26.9. The number of nitrogens with zero attached hydrogens (tertiary/aromatic N) is 5. The van der Waals surface area contributed by atoms with Crippen molar-refractivity contribution < 1.29 is 9.90 Å². The molecule has 1 fully saturated rings. The van der Waals surface area contributed by atoms with Crippen molar-refractivity contribution >= 4 is 29.3 Å². The Labute approximate surface area is 278 Å². The van der Waals surface area contributed by atoms with Crippen LogP contribution in [-0.4, -0.2) is 35.5 Å². The Morgan fingerprint density at radius 3 is 2.60 bits per heavy atom. The van der Waals surface area contributed by atoms with Gasteiger partial charge in [-0.3, -0.25) is 9.72 Å².